The number of hydrogen-bond donors (Lipinski definition) is 1. The molecule has 0 aliphatic carbocycles. The number of piperidine rings is 1. The Labute approximate surface area is 197 Å². The molecule has 1 amide bonds. The van der Waals surface area contributed by atoms with Crippen molar-refractivity contribution in [1.29, 1.82) is 0 Å². The van der Waals surface area contributed by atoms with Crippen molar-refractivity contribution in [2.24, 2.45) is 0 Å². The fourth-order valence-electron chi connectivity index (χ4n) is 3.92. The highest BCUT2D eigenvalue weighted by Crippen LogP contribution is 2.31. The van der Waals surface area contributed by atoms with E-state index < -0.39 is 10.0 Å². The summed E-state index contributed by atoms with van der Waals surface area (Å²) >= 11 is 0. The second-order valence-corrected chi connectivity index (χ2v) is 11.0. The van der Waals surface area contributed by atoms with Gasteiger partial charge in [-0.1, -0.05) is 39.0 Å². The van der Waals surface area contributed by atoms with Crippen LogP contribution in [0.5, 0.6) is 11.5 Å². The van der Waals surface area contributed by atoms with Crippen LogP contribution in [0.1, 0.15) is 56.0 Å². The van der Waals surface area contributed by atoms with E-state index in [1.165, 1.54) is 25.3 Å². The molecule has 1 aliphatic rings. The number of para-hydroxylation sites is 1. The Morgan fingerprint density at radius 2 is 1.73 bits per heavy atom. The first-order valence-corrected chi connectivity index (χ1v) is 12.8. The van der Waals surface area contributed by atoms with Gasteiger partial charge in [-0.2, -0.15) is 0 Å². The first kappa shape index (κ1) is 25.1. The summed E-state index contributed by atoms with van der Waals surface area (Å²) < 4.78 is 39.5. The fourth-order valence-corrected chi connectivity index (χ4v) is 4.96. The quantitative estimate of drug-likeness (QED) is 0.585. The number of hydrogen-bond acceptors (Lipinski definition) is 5. The van der Waals surface area contributed by atoms with Crippen molar-refractivity contribution >= 4 is 15.9 Å². The summed E-state index contributed by atoms with van der Waals surface area (Å²) in [6.07, 6.45) is 3.00. The predicted octanol–water partition coefficient (Wildman–Crippen LogP) is 3.98. The van der Waals surface area contributed by atoms with E-state index in [4.69, 9.17) is 9.47 Å². The number of rotatable bonds is 8. The van der Waals surface area contributed by atoms with E-state index in [0.29, 0.717) is 18.8 Å². The Morgan fingerprint density at radius 3 is 2.39 bits per heavy atom. The summed E-state index contributed by atoms with van der Waals surface area (Å²) in [6, 6.07) is 12.1. The average molecular weight is 475 g/mol. The molecule has 0 unspecified atom stereocenters. The second-order valence-electron chi connectivity index (χ2n) is 9.21. The van der Waals surface area contributed by atoms with Crippen molar-refractivity contribution in [3.05, 3.63) is 53.6 Å². The number of carbonyl (C=O) groups is 1. The molecule has 0 aromatic heterocycles. The van der Waals surface area contributed by atoms with E-state index in [1.54, 1.807) is 4.90 Å². The third-order valence-corrected chi connectivity index (χ3v) is 7.16. The molecule has 0 spiro atoms. The molecular weight excluding hydrogens is 440 g/mol. The summed E-state index contributed by atoms with van der Waals surface area (Å²) in [4.78, 5) is 14.8. The van der Waals surface area contributed by atoms with Gasteiger partial charge in [-0.15, -0.1) is 0 Å². The lowest BCUT2D eigenvalue weighted by atomic mass is 9.86. The SMILES string of the molecule is COc1ccc(S(=O)(=O)NCCOc2ccccc2C(C)(C)C)cc1C(=O)N1CCCCC1. The standard InChI is InChI=1S/C25H34N2O5S/c1-25(2,3)21-10-6-7-11-23(21)32-17-14-26-33(29,30)19-12-13-22(31-4)20(18-19)24(28)27-15-8-5-9-16-27/h6-7,10-13,18,26H,5,8-9,14-17H2,1-4H3. The van der Waals surface area contributed by atoms with Crippen LogP contribution < -0.4 is 14.2 Å². The largest absolute Gasteiger partial charge is 0.496 e. The van der Waals surface area contributed by atoms with E-state index >= 15 is 0 Å². The number of ether oxygens (including phenoxy) is 2. The van der Waals surface area contributed by atoms with Crippen molar-refractivity contribution < 1.29 is 22.7 Å². The zero-order chi connectivity index (χ0) is 24.1. The number of nitrogens with one attached hydrogen (secondary N) is 1. The Bertz CT molecular complexity index is 1070. The normalized spacial score (nSPS) is 14.7. The highest BCUT2D eigenvalue weighted by Gasteiger charge is 2.24. The lowest BCUT2D eigenvalue weighted by Gasteiger charge is -2.27. The van der Waals surface area contributed by atoms with Gasteiger partial charge in [0.05, 0.1) is 17.6 Å². The van der Waals surface area contributed by atoms with E-state index in [9.17, 15) is 13.2 Å². The van der Waals surface area contributed by atoms with Crippen LogP contribution >= 0.6 is 0 Å². The van der Waals surface area contributed by atoms with Crippen molar-refractivity contribution in [3.8, 4) is 11.5 Å². The van der Waals surface area contributed by atoms with Crippen LogP contribution in [0, 0.1) is 0 Å². The van der Waals surface area contributed by atoms with Gasteiger partial charge in [0, 0.05) is 19.6 Å². The maximum absolute atomic E-state index is 13.0. The van der Waals surface area contributed by atoms with Crippen molar-refractivity contribution in [3.63, 3.8) is 0 Å². The molecule has 0 radical (unpaired) electrons. The predicted molar refractivity (Wildman–Crippen MR) is 129 cm³/mol. The Balaban J connectivity index is 1.68. The van der Waals surface area contributed by atoms with Gasteiger partial charge in [-0.25, -0.2) is 13.1 Å². The number of likely N-dealkylation sites (tertiary alicyclic amines) is 1. The molecule has 7 nitrogen and oxygen atoms in total. The van der Waals surface area contributed by atoms with Crippen LogP contribution in [0.15, 0.2) is 47.4 Å². The van der Waals surface area contributed by atoms with Crippen LogP contribution in [0.25, 0.3) is 0 Å². The molecule has 1 aliphatic heterocycles. The summed E-state index contributed by atoms with van der Waals surface area (Å²) in [5.74, 6) is 0.903. The first-order chi connectivity index (χ1) is 15.6. The minimum absolute atomic E-state index is 0.0266. The van der Waals surface area contributed by atoms with Crippen molar-refractivity contribution in [2.75, 3.05) is 33.4 Å². The van der Waals surface area contributed by atoms with Gasteiger partial charge >= 0.3 is 0 Å². The van der Waals surface area contributed by atoms with E-state index in [2.05, 4.69) is 25.5 Å². The first-order valence-electron chi connectivity index (χ1n) is 11.3. The third-order valence-electron chi connectivity index (χ3n) is 5.70. The van der Waals surface area contributed by atoms with Gasteiger partial charge < -0.3 is 14.4 Å². The summed E-state index contributed by atoms with van der Waals surface area (Å²) in [6.45, 7) is 7.93. The zero-order valence-corrected chi connectivity index (χ0v) is 20.7. The number of benzene rings is 2. The van der Waals surface area contributed by atoms with Crippen LogP contribution in [0.4, 0.5) is 0 Å². The lowest BCUT2D eigenvalue weighted by molar-refractivity contribution is 0.0720. The molecular formula is C25H34N2O5S. The molecule has 0 atom stereocenters. The molecule has 2 aromatic carbocycles. The van der Waals surface area contributed by atoms with Crippen LogP contribution in [-0.4, -0.2) is 52.6 Å². The van der Waals surface area contributed by atoms with Gasteiger partial charge in [0.1, 0.15) is 18.1 Å². The number of methoxy groups -OCH3 is 1. The number of carbonyl (C=O) groups excluding carboxylic acids is 1. The molecule has 3 rings (SSSR count). The molecule has 33 heavy (non-hydrogen) atoms. The van der Waals surface area contributed by atoms with Crippen molar-refractivity contribution in [1.82, 2.24) is 9.62 Å². The van der Waals surface area contributed by atoms with Gasteiger partial charge in [0.2, 0.25) is 10.0 Å². The van der Waals surface area contributed by atoms with E-state index in [1.807, 2.05) is 24.3 Å². The molecule has 0 saturated carbocycles. The van der Waals surface area contributed by atoms with Crippen LogP contribution in [-0.2, 0) is 15.4 Å². The zero-order valence-electron chi connectivity index (χ0n) is 19.9. The lowest BCUT2D eigenvalue weighted by Crippen LogP contribution is -2.36. The maximum atomic E-state index is 13.0. The van der Waals surface area contributed by atoms with Crippen molar-refractivity contribution in [2.45, 2.75) is 50.3 Å². The summed E-state index contributed by atoms with van der Waals surface area (Å²) in [5, 5.41) is 0. The highest BCUT2D eigenvalue weighted by molar-refractivity contribution is 7.89. The molecule has 0 bridgehead atoms. The number of sulfonamides is 1. The Kier molecular flexibility index (Phi) is 8.02. The highest BCUT2D eigenvalue weighted by atomic mass is 32.2. The second kappa shape index (κ2) is 10.6. The monoisotopic (exact) mass is 474 g/mol. The van der Waals surface area contributed by atoms with Crippen LogP contribution in [0.2, 0.25) is 0 Å². The van der Waals surface area contributed by atoms with Gasteiger partial charge in [0.15, 0.2) is 0 Å². The molecule has 1 heterocycles. The van der Waals surface area contributed by atoms with Gasteiger partial charge in [0.25, 0.3) is 5.91 Å². The maximum Gasteiger partial charge on any atom is 0.257 e. The molecule has 180 valence electrons. The summed E-state index contributed by atoms with van der Waals surface area (Å²) in [5.41, 5.74) is 1.23. The molecule has 2 aromatic rings. The van der Waals surface area contributed by atoms with Gasteiger partial charge in [-0.05, 0) is 54.5 Å². The average Bonchev–Trinajstić information content (AvgIpc) is 2.81. The Hall–Kier alpha value is -2.58. The third kappa shape index (κ3) is 6.26. The Morgan fingerprint density at radius 1 is 1.03 bits per heavy atom. The van der Waals surface area contributed by atoms with E-state index in [0.717, 1.165) is 30.6 Å². The topological polar surface area (TPSA) is 84.9 Å². The molecule has 1 N–H and O–H groups in total. The smallest absolute Gasteiger partial charge is 0.257 e. The van der Waals surface area contributed by atoms with Gasteiger partial charge in [-0.3, -0.25) is 4.79 Å². The molecule has 8 heteroatoms. The fraction of sp³-hybridized carbons (Fsp3) is 0.480. The molecule has 1 saturated heterocycles. The number of nitrogens with zero attached hydrogens (tertiary/aromatic N) is 1. The summed E-state index contributed by atoms with van der Waals surface area (Å²) in [7, 11) is -2.35. The van der Waals surface area contributed by atoms with E-state index in [-0.39, 0.29) is 34.9 Å². The number of amides is 1. The minimum Gasteiger partial charge on any atom is -0.496 e. The molecule has 1 fully saturated rings. The minimum atomic E-state index is -3.82. The van der Waals surface area contributed by atoms with Crippen LogP contribution in [0.3, 0.4) is 0 Å².